The van der Waals surface area contributed by atoms with E-state index in [1.54, 1.807) is 0 Å². The highest BCUT2D eigenvalue weighted by atomic mass is 35.5. The highest BCUT2D eigenvalue weighted by Gasteiger charge is 2.32. The molecule has 2 rings (SSSR count). The van der Waals surface area contributed by atoms with Crippen molar-refractivity contribution in [2.45, 2.75) is 19.4 Å². The van der Waals surface area contributed by atoms with Crippen LogP contribution in [0.15, 0.2) is 18.2 Å². The Morgan fingerprint density at radius 2 is 2.12 bits per heavy atom. The van der Waals surface area contributed by atoms with Crippen molar-refractivity contribution in [2.24, 2.45) is 0 Å². The predicted molar refractivity (Wildman–Crippen MR) is 97.9 cm³/mol. The topological polar surface area (TPSA) is 80.9 Å². The zero-order valence-corrected chi connectivity index (χ0v) is 15.3. The molecule has 7 nitrogen and oxygen atoms in total. The summed E-state index contributed by atoms with van der Waals surface area (Å²) < 4.78 is 5.39. The van der Waals surface area contributed by atoms with Gasteiger partial charge in [-0.2, -0.15) is 0 Å². The van der Waals surface area contributed by atoms with Gasteiger partial charge in [-0.15, -0.1) is 0 Å². The van der Waals surface area contributed by atoms with Gasteiger partial charge in [-0.25, -0.2) is 0 Å². The first kappa shape index (κ1) is 18.9. The van der Waals surface area contributed by atoms with Crippen molar-refractivity contribution in [3.8, 4) is 0 Å². The summed E-state index contributed by atoms with van der Waals surface area (Å²) in [5, 5.41) is 17.7. The van der Waals surface area contributed by atoms with Crippen molar-refractivity contribution in [1.82, 2.24) is 5.32 Å². The van der Waals surface area contributed by atoms with Gasteiger partial charge in [-0.05, 0) is 32.1 Å². The molecule has 0 bridgehead atoms. The van der Waals surface area contributed by atoms with E-state index in [0.29, 0.717) is 22.4 Å². The molecule has 0 aliphatic carbocycles. The van der Waals surface area contributed by atoms with Gasteiger partial charge in [0.15, 0.2) is 5.11 Å². The lowest BCUT2D eigenvalue weighted by atomic mass is 10.0. The fourth-order valence-electron chi connectivity index (χ4n) is 2.61. The Kier molecular flexibility index (Phi) is 6.34. The van der Waals surface area contributed by atoms with Gasteiger partial charge in [0.25, 0.3) is 5.69 Å². The number of nitrogens with zero attached hydrogens (tertiary/aromatic N) is 1. The van der Waals surface area contributed by atoms with E-state index in [-0.39, 0.29) is 11.2 Å². The van der Waals surface area contributed by atoms with Crippen molar-refractivity contribution in [2.75, 3.05) is 38.2 Å². The van der Waals surface area contributed by atoms with Gasteiger partial charge in [-0.3, -0.25) is 10.1 Å². The maximum atomic E-state index is 10.9. The second-order valence-electron chi connectivity index (χ2n) is 6.33. The molecule has 0 aromatic heterocycles. The summed E-state index contributed by atoms with van der Waals surface area (Å²) in [7, 11) is 0. The monoisotopic (exact) mass is 373 g/mol. The SMILES string of the molecule is CC(C)(CNC(=S)Nc1cc([N+](=O)[O-])ccc1Cl)[NH+]1CCOCC1. The molecule has 1 aliphatic rings. The molecular weight excluding hydrogens is 352 g/mol. The van der Waals surface area contributed by atoms with Crippen LogP contribution < -0.4 is 15.5 Å². The number of nitro benzene ring substituents is 1. The number of nitrogens with one attached hydrogen (secondary N) is 3. The number of thiocarbonyl (C=S) groups is 1. The number of quaternary nitrogens is 1. The van der Waals surface area contributed by atoms with E-state index in [4.69, 9.17) is 28.6 Å². The van der Waals surface area contributed by atoms with E-state index in [1.807, 2.05) is 0 Å². The standard InChI is InChI=1S/C15H21ClN4O3S/c1-15(2,19-5-7-23-8-6-19)10-17-14(24)18-13-9-11(20(21)22)3-4-12(13)16/h3-4,9H,5-8,10H2,1-2H3,(H2,17,18,24)/p+1. The van der Waals surface area contributed by atoms with E-state index in [9.17, 15) is 10.1 Å². The molecule has 0 saturated carbocycles. The summed E-state index contributed by atoms with van der Waals surface area (Å²) in [6.45, 7) is 8.47. The van der Waals surface area contributed by atoms with Crippen LogP contribution in [0.25, 0.3) is 0 Å². The molecule has 1 aromatic rings. The first-order valence-electron chi connectivity index (χ1n) is 7.71. The quantitative estimate of drug-likeness (QED) is 0.409. The number of nitro groups is 1. The lowest BCUT2D eigenvalue weighted by molar-refractivity contribution is -0.954. The van der Waals surface area contributed by atoms with Gasteiger partial charge < -0.3 is 20.3 Å². The Bertz CT molecular complexity index is 621. The zero-order chi connectivity index (χ0) is 17.7. The summed E-state index contributed by atoms with van der Waals surface area (Å²) in [6, 6.07) is 4.20. The Morgan fingerprint density at radius 3 is 2.75 bits per heavy atom. The van der Waals surface area contributed by atoms with Gasteiger partial charge >= 0.3 is 0 Å². The van der Waals surface area contributed by atoms with Crippen LogP contribution >= 0.6 is 23.8 Å². The van der Waals surface area contributed by atoms with Crippen LogP contribution in [-0.4, -0.2) is 48.4 Å². The van der Waals surface area contributed by atoms with E-state index < -0.39 is 4.92 Å². The Labute approximate surface area is 151 Å². The average molecular weight is 374 g/mol. The normalized spacial score (nSPS) is 15.8. The van der Waals surface area contributed by atoms with Gasteiger partial charge in [0.1, 0.15) is 18.6 Å². The van der Waals surface area contributed by atoms with Crippen LogP contribution in [0, 0.1) is 10.1 Å². The molecule has 0 amide bonds. The number of anilines is 1. The third-order valence-corrected chi connectivity index (χ3v) is 4.73. The number of ether oxygens (including phenoxy) is 1. The maximum Gasteiger partial charge on any atom is 0.271 e. The van der Waals surface area contributed by atoms with Crippen LogP contribution in [-0.2, 0) is 4.74 Å². The number of rotatable bonds is 5. The molecule has 0 unspecified atom stereocenters. The minimum absolute atomic E-state index is 0.0119. The number of non-ortho nitro benzene ring substituents is 1. The van der Waals surface area contributed by atoms with E-state index in [2.05, 4.69) is 24.5 Å². The lowest BCUT2D eigenvalue weighted by Crippen LogP contribution is -3.22. The molecule has 1 heterocycles. The largest absolute Gasteiger partial charge is 0.370 e. The van der Waals surface area contributed by atoms with Crippen LogP contribution in [0.4, 0.5) is 11.4 Å². The van der Waals surface area contributed by atoms with Gasteiger partial charge in [0.05, 0.1) is 35.4 Å². The first-order valence-corrected chi connectivity index (χ1v) is 8.50. The van der Waals surface area contributed by atoms with Crippen molar-refractivity contribution >= 4 is 40.3 Å². The molecule has 24 heavy (non-hydrogen) atoms. The summed E-state index contributed by atoms with van der Waals surface area (Å²) in [5.74, 6) is 0. The van der Waals surface area contributed by atoms with Gasteiger partial charge in [-0.1, -0.05) is 11.6 Å². The number of halogens is 1. The predicted octanol–water partition coefficient (Wildman–Crippen LogP) is 1.23. The van der Waals surface area contributed by atoms with Crippen molar-refractivity contribution in [3.05, 3.63) is 33.3 Å². The van der Waals surface area contributed by atoms with E-state index in [1.165, 1.54) is 23.1 Å². The van der Waals surface area contributed by atoms with Gasteiger partial charge in [0, 0.05) is 12.1 Å². The summed E-state index contributed by atoms with van der Waals surface area (Å²) in [6.07, 6.45) is 0. The van der Waals surface area contributed by atoms with Crippen molar-refractivity contribution in [3.63, 3.8) is 0 Å². The van der Waals surface area contributed by atoms with Crippen LogP contribution in [0.5, 0.6) is 0 Å². The molecule has 132 valence electrons. The van der Waals surface area contributed by atoms with E-state index >= 15 is 0 Å². The Hall–Kier alpha value is -1.48. The number of benzene rings is 1. The van der Waals surface area contributed by atoms with Crippen LogP contribution in [0.1, 0.15) is 13.8 Å². The lowest BCUT2D eigenvalue weighted by Gasteiger charge is -2.37. The molecular formula is C15H22ClN4O3S+. The highest BCUT2D eigenvalue weighted by Crippen LogP contribution is 2.26. The zero-order valence-electron chi connectivity index (χ0n) is 13.7. The molecule has 9 heteroatoms. The summed E-state index contributed by atoms with van der Waals surface area (Å²) in [5.41, 5.74) is 0.366. The number of hydrogen-bond donors (Lipinski definition) is 3. The summed E-state index contributed by atoms with van der Waals surface area (Å²) >= 11 is 11.4. The average Bonchev–Trinajstić information content (AvgIpc) is 2.56. The van der Waals surface area contributed by atoms with Crippen LogP contribution in [0.3, 0.4) is 0 Å². The van der Waals surface area contributed by atoms with Crippen LogP contribution in [0.2, 0.25) is 5.02 Å². The van der Waals surface area contributed by atoms with Crippen molar-refractivity contribution < 1.29 is 14.6 Å². The molecule has 3 N–H and O–H groups in total. The fraction of sp³-hybridized carbons (Fsp3) is 0.533. The summed E-state index contributed by atoms with van der Waals surface area (Å²) in [4.78, 5) is 11.8. The maximum absolute atomic E-state index is 10.9. The molecule has 0 spiro atoms. The smallest absolute Gasteiger partial charge is 0.271 e. The number of morpholine rings is 1. The number of hydrogen-bond acceptors (Lipinski definition) is 4. The molecule has 1 fully saturated rings. The third kappa shape index (κ3) is 5.01. The molecule has 0 atom stereocenters. The minimum Gasteiger partial charge on any atom is -0.370 e. The molecule has 1 saturated heterocycles. The minimum atomic E-state index is -0.469. The Morgan fingerprint density at radius 1 is 1.46 bits per heavy atom. The van der Waals surface area contributed by atoms with Gasteiger partial charge in [0.2, 0.25) is 0 Å². The second-order valence-corrected chi connectivity index (χ2v) is 7.14. The van der Waals surface area contributed by atoms with E-state index in [0.717, 1.165) is 26.3 Å². The second kappa shape index (κ2) is 8.06. The fourth-order valence-corrected chi connectivity index (χ4v) is 2.96. The molecule has 1 aliphatic heterocycles. The Balaban J connectivity index is 1.93. The third-order valence-electron chi connectivity index (χ3n) is 4.15. The molecule has 0 radical (unpaired) electrons. The first-order chi connectivity index (χ1) is 11.3. The molecule has 1 aromatic carbocycles. The highest BCUT2D eigenvalue weighted by molar-refractivity contribution is 7.80. The van der Waals surface area contributed by atoms with Crippen molar-refractivity contribution in [1.29, 1.82) is 0 Å².